The van der Waals surface area contributed by atoms with Crippen molar-refractivity contribution in [3.05, 3.63) is 29.8 Å². The summed E-state index contributed by atoms with van der Waals surface area (Å²) in [6.07, 6.45) is 1.76. The number of nitrogens with zero attached hydrogens (tertiary/aromatic N) is 2. The molecular formula is C17H24N2O3. The van der Waals surface area contributed by atoms with Gasteiger partial charge < -0.3 is 19.6 Å². The molecular weight excluding hydrogens is 280 g/mol. The minimum Gasteiger partial charge on any atom is -0.396 e. The summed E-state index contributed by atoms with van der Waals surface area (Å²) in [5.74, 6) is 0.317. The molecule has 1 heterocycles. The molecule has 0 aromatic heterocycles. The van der Waals surface area contributed by atoms with Crippen LogP contribution >= 0.6 is 0 Å². The SMILES string of the molecule is CN(C)c1cccc(C(=O)N2CCO[C@H]3C[C@H](CO)C[C@@H]32)c1. The number of hydrogen-bond donors (Lipinski definition) is 1. The van der Waals surface area contributed by atoms with Gasteiger partial charge in [0.1, 0.15) is 0 Å². The minimum atomic E-state index is 0.0700. The molecule has 3 rings (SSSR count). The molecule has 1 amide bonds. The third kappa shape index (κ3) is 2.83. The normalized spacial score (nSPS) is 27.6. The van der Waals surface area contributed by atoms with E-state index in [4.69, 9.17) is 4.74 Å². The lowest BCUT2D eigenvalue weighted by molar-refractivity contribution is -0.0448. The summed E-state index contributed by atoms with van der Waals surface area (Å²) >= 11 is 0. The van der Waals surface area contributed by atoms with Crippen molar-refractivity contribution in [2.45, 2.75) is 25.0 Å². The fourth-order valence-corrected chi connectivity index (χ4v) is 3.53. The third-order valence-electron chi connectivity index (χ3n) is 4.76. The number of carbonyl (C=O) groups excluding carboxylic acids is 1. The first kappa shape index (κ1) is 15.3. The van der Waals surface area contributed by atoms with Crippen LogP contribution in [0.25, 0.3) is 0 Å². The monoisotopic (exact) mass is 304 g/mol. The predicted octanol–water partition coefficient (Wildman–Crippen LogP) is 1.36. The van der Waals surface area contributed by atoms with Crippen LogP contribution in [0.3, 0.4) is 0 Å². The summed E-state index contributed by atoms with van der Waals surface area (Å²) in [5, 5.41) is 9.39. The van der Waals surface area contributed by atoms with E-state index < -0.39 is 0 Å². The Labute approximate surface area is 131 Å². The first-order valence-electron chi connectivity index (χ1n) is 7.91. The molecule has 2 fully saturated rings. The lowest BCUT2D eigenvalue weighted by atomic mass is 10.1. The molecule has 1 aliphatic carbocycles. The number of aliphatic hydroxyl groups excluding tert-OH is 1. The molecule has 22 heavy (non-hydrogen) atoms. The van der Waals surface area contributed by atoms with Gasteiger partial charge in [0.15, 0.2) is 0 Å². The third-order valence-corrected chi connectivity index (χ3v) is 4.76. The molecule has 2 aliphatic rings. The summed E-state index contributed by atoms with van der Waals surface area (Å²) in [6.45, 7) is 1.39. The second-order valence-electron chi connectivity index (χ2n) is 6.44. The minimum absolute atomic E-state index is 0.0700. The largest absolute Gasteiger partial charge is 0.396 e. The molecule has 1 aromatic carbocycles. The molecule has 1 aliphatic heterocycles. The van der Waals surface area contributed by atoms with Gasteiger partial charge in [-0.2, -0.15) is 0 Å². The highest BCUT2D eigenvalue weighted by Gasteiger charge is 2.42. The number of fused-ring (bicyclic) bond motifs is 1. The second kappa shape index (κ2) is 6.26. The molecule has 120 valence electrons. The van der Waals surface area contributed by atoms with Crippen molar-refractivity contribution < 1.29 is 14.6 Å². The predicted molar refractivity (Wildman–Crippen MR) is 85.1 cm³/mol. The number of aliphatic hydroxyl groups is 1. The average Bonchev–Trinajstić information content (AvgIpc) is 2.97. The summed E-state index contributed by atoms with van der Waals surface area (Å²) in [4.78, 5) is 16.8. The van der Waals surface area contributed by atoms with Gasteiger partial charge in [-0.3, -0.25) is 4.79 Å². The maximum absolute atomic E-state index is 12.9. The molecule has 1 N–H and O–H groups in total. The summed E-state index contributed by atoms with van der Waals surface area (Å²) in [7, 11) is 3.94. The van der Waals surface area contributed by atoms with Crippen LogP contribution < -0.4 is 4.90 Å². The van der Waals surface area contributed by atoms with Gasteiger partial charge in [0.05, 0.1) is 18.8 Å². The van der Waals surface area contributed by atoms with Gasteiger partial charge in [-0.05, 0) is 37.0 Å². The van der Waals surface area contributed by atoms with Crippen molar-refractivity contribution in [1.29, 1.82) is 0 Å². The Hall–Kier alpha value is -1.59. The topological polar surface area (TPSA) is 53.0 Å². The molecule has 5 heteroatoms. The fraction of sp³-hybridized carbons (Fsp3) is 0.588. The first-order chi connectivity index (χ1) is 10.6. The number of morpholine rings is 1. The van der Waals surface area contributed by atoms with E-state index in [-0.39, 0.29) is 30.6 Å². The van der Waals surface area contributed by atoms with E-state index >= 15 is 0 Å². The van der Waals surface area contributed by atoms with Crippen molar-refractivity contribution in [1.82, 2.24) is 4.90 Å². The van der Waals surface area contributed by atoms with E-state index in [1.165, 1.54) is 0 Å². The van der Waals surface area contributed by atoms with Crippen LogP contribution in [0.5, 0.6) is 0 Å². The molecule has 1 saturated carbocycles. The van der Waals surface area contributed by atoms with Crippen LogP contribution in [0, 0.1) is 5.92 Å². The molecule has 5 nitrogen and oxygen atoms in total. The van der Waals surface area contributed by atoms with Crippen molar-refractivity contribution in [3.63, 3.8) is 0 Å². The van der Waals surface area contributed by atoms with Crippen molar-refractivity contribution in [2.75, 3.05) is 38.8 Å². The lowest BCUT2D eigenvalue weighted by Gasteiger charge is -2.37. The van der Waals surface area contributed by atoms with Crippen molar-refractivity contribution in [3.8, 4) is 0 Å². The van der Waals surface area contributed by atoms with Gasteiger partial charge in [0.2, 0.25) is 0 Å². The highest BCUT2D eigenvalue weighted by molar-refractivity contribution is 5.95. The Morgan fingerprint density at radius 3 is 2.95 bits per heavy atom. The Morgan fingerprint density at radius 2 is 2.23 bits per heavy atom. The van der Waals surface area contributed by atoms with Crippen LogP contribution in [0.4, 0.5) is 5.69 Å². The van der Waals surface area contributed by atoms with E-state index in [0.29, 0.717) is 13.2 Å². The van der Waals surface area contributed by atoms with E-state index in [1.807, 2.05) is 48.2 Å². The molecule has 1 aromatic rings. The number of benzene rings is 1. The average molecular weight is 304 g/mol. The lowest BCUT2D eigenvalue weighted by Crippen LogP contribution is -2.51. The molecule has 0 bridgehead atoms. The Bertz CT molecular complexity index is 546. The number of hydrogen-bond acceptors (Lipinski definition) is 4. The molecule has 0 spiro atoms. The Morgan fingerprint density at radius 1 is 1.41 bits per heavy atom. The quantitative estimate of drug-likeness (QED) is 0.916. The van der Waals surface area contributed by atoms with E-state index in [2.05, 4.69) is 0 Å². The number of rotatable bonds is 3. The highest BCUT2D eigenvalue weighted by Crippen LogP contribution is 2.34. The summed E-state index contributed by atoms with van der Waals surface area (Å²) < 4.78 is 5.80. The van der Waals surface area contributed by atoms with Gasteiger partial charge in [0.25, 0.3) is 5.91 Å². The molecule has 0 radical (unpaired) electrons. The van der Waals surface area contributed by atoms with Gasteiger partial charge >= 0.3 is 0 Å². The van der Waals surface area contributed by atoms with Crippen LogP contribution in [-0.4, -0.2) is 61.9 Å². The number of anilines is 1. The number of carbonyl (C=O) groups is 1. The summed E-state index contributed by atoms with van der Waals surface area (Å²) in [5.41, 5.74) is 1.75. The number of ether oxygens (including phenoxy) is 1. The maximum Gasteiger partial charge on any atom is 0.254 e. The smallest absolute Gasteiger partial charge is 0.254 e. The Balaban J connectivity index is 1.80. The highest BCUT2D eigenvalue weighted by atomic mass is 16.5. The second-order valence-corrected chi connectivity index (χ2v) is 6.44. The maximum atomic E-state index is 12.9. The standard InChI is InChI=1S/C17H24N2O3/c1-18(2)14-5-3-4-13(10-14)17(21)19-6-7-22-16-9-12(11-20)8-15(16)19/h3-5,10,12,15-16,20H,6-9,11H2,1-2H3/t12-,15+,16+/m1/s1. The van der Waals surface area contributed by atoms with Crippen LogP contribution in [-0.2, 0) is 4.74 Å². The van der Waals surface area contributed by atoms with E-state index in [0.717, 1.165) is 24.1 Å². The van der Waals surface area contributed by atoms with Gasteiger partial charge in [-0.15, -0.1) is 0 Å². The molecule has 1 saturated heterocycles. The van der Waals surface area contributed by atoms with Crippen molar-refractivity contribution in [2.24, 2.45) is 5.92 Å². The summed E-state index contributed by atoms with van der Waals surface area (Å²) in [6, 6.07) is 7.83. The van der Waals surface area contributed by atoms with E-state index in [9.17, 15) is 9.90 Å². The fourth-order valence-electron chi connectivity index (χ4n) is 3.53. The van der Waals surface area contributed by atoms with Crippen LogP contribution in [0.15, 0.2) is 24.3 Å². The van der Waals surface area contributed by atoms with Crippen LogP contribution in [0.1, 0.15) is 23.2 Å². The van der Waals surface area contributed by atoms with Gasteiger partial charge in [-0.1, -0.05) is 6.07 Å². The zero-order chi connectivity index (χ0) is 15.7. The van der Waals surface area contributed by atoms with Crippen molar-refractivity contribution >= 4 is 11.6 Å². The van der Waals surface area contributed by atoms with Gasteiger partial charge in [-0.25, -0.2) is 0 Å². The zero-order valence-electron chi connectivity index (χ0n) is 13.2. The van der Waals surface area contributed by atoms with Crippen LogP contribution in [0.2, 0.25) is 0 Å². The zero-order valence-corrected chi connectivity index (χ0v) is 13.2. The molecule has 3 atom stereocenters. The molecule has 0 unspecified atom stereocenters. The number of amides is 1. The van der Waals surface area contributed by atoms with Gasteiger partial charge in [0, 0.05) is 38.5 Å². The first-order valence-corrected chi connectivity index (χ1v) is 7.91. The van der Waals surface area contributed by atoms with E-state index in [1.54, 1.807) is 0 Å². The Kier molecular flexibility index (Phi) is 4.36.